The predicted octanol–water partition coefficient (Wildman–Crippen LogP) is 2.77. The van der Waals surface area contributed by atoms with Crippen LogP contribution in [-0.2, 0) is 6.42 Å². The number of hydrogen-bond donors (Lipinski definition) is 0. The van der Waals surface area contributed by atoms with Crippen LogP contribution in [0.15, 0.2) is 6.20 Å². The molecule has 1 aliphatic rings. The monoisotopic (exact) mass is 220 g/mol. The van der Waals surface area contributed by atoms with Gasteiger partial charge in [-0.3, -0.25) is 0 Å². The number of nitrogens with zero attached hydrogens (tertiary/aromatic N) is 2. The van der Waals surface area contributed by atoms with Crippen molar-refractivity contribution in [2.75, 3.05) is 6.61 Å². The first-order valence-electron chi connectivity index (χ1n) is 6.00. The lowest BCUT2D eigenvalue weighted by Gasteiger charge is -2.14. The Morgan fingerprint density at radius 2 is 2.25 bits per heavy atom. The molecule has 1 aromatic heterocycles. The van der Waals surface area contributed by atoms with Crippen LogP contribution in [-0.4, -0.2) is 16.6 Å². The highest BCUT2D eigenvalue weighted by Crippen LogP contribution is 2.51. The summed E-state index contributed by atoms with van der Waals surface area (Å²) in [4.78, 5) is 8.59. The number of ether oxygens (including phenoxy) is 1. The lowest BCUT2D eigenvalue weighted by atomic mass is 10.1. The van der Waals surface area contributed by atoms with Crippen LogP contribution in [0.25, 0.3) is 0 Å². The van der Waals surface area contributed by atoms with E-state index in [2.05, 4.69) is 30.7 Å². The van der Waals surface area contributed by atoms with E-state index in [1.807, 2.05) is 6.92 Å². The van der Waals surface area contributed by atoms with Crippen molar-refractivity contribution in [3.8, 4) is 5.75 Å². The van der Waals surface area contributed by atoms with E-state index < -0.39 is 0 Å². The van der Waals surface area contributed by atoms with Gasteiger partial charge in [-0.1, -0.05) is 20.8 Å². The highest BCUT2D eigenvalue weighted by Gasteiger charge is 2.47. The summed E-state index contributed by atoms with van der Waals surface area (Å²) in [7, 11) is 0. The van der Waals surface area contributed by atoms with Gasteiger partial charge in [0.05, 0.1) is 18.5 Å². The summed E-state index contributed by atoms with van der Waals surface area (Å²) in [5.41, 5.74) is 1.39. The fourth-order valence-electron chi connectivity index (χ4n) is 1.96. The highest BCUT2D eigenvalue weighted by molar-refractivity contribution is 5.24. The molecule has 1 fully saturated rings. The van der Waals surface area contributed by atoms with Crippen molar-refractivity contribution in [2.45, 2.75) is 40.5 Å². The zero-order valence-electron chi connectivity index (χ0n) is 10.6. The van der Waals surface area contributed by atoms with Crippen LogP contribution in [0.5, 0.6) is 5.75 Å². The van der Waals surface area contributed by atoms with Crippen LogP contribution in [0.4, 0.5) is 0 Å². The predicted molar refractivity (Wildman–Crippen MR) is 63.5 cm³/mol. The molecule has 2 atom stereocenters. The van der Waals surface area contributed by atoms with Crippen molar-refractivity contribution in [3.63, 3.8) is 0 Å². The molecule has 0 aromatic carbocycles. The second kappa shape index (κ2) is 4.04. The molecule has 0 saturated heterocycles. The first-order chi connectivity index (χ1) is 7.55. The molecule has 1 unspecified atom stereocenters. The lowest BCUT2D eigenvalue weighted by molar-refractivity contribution is 0.232. The van der Waals surface area contributed by atoms with Gasteiger partial charge in [0.25, 0.3) is 0 Å². The van der Waals surface area contributed by atoms with Crippen LogP contribution in [0.2, 0.25) is 0 Å². The van der Waals surface area contributed by atoms with E-state index in [-0.39, 0.29) is 0 Å². The summed E-state index contributed by atoms with van der Waals surface area (Å²) < 4.78 is 5.86. The third-order valence-corrected chi connectivity index (χ3v) is 3.64. The van der Waals surface area contributed by atoms with Gasteiger partial charge in [-0.05, 0) is 25.7 Å². The molecular weight excluding hydrogens is 200 g/mol. The third kappa shape index (κ3) is 2.18. The van der Waals surface area contributed by atoms with Gasteiger partial charge in [0.1, 0.15) is 5.82 Å². The Kier molecular flexibility index (Phi) is 2.87. The molecule has 0 aliphatic heterocycles. The summed E-state index contributed by atoms with van der Waals surface area (Å²) >= 11 is 0. The molecule has 0 N–H and O–H groups in total. The van der Waals surface area contributed by atoms with Crippen molar-refractivity contribution in [1.82, 2.24) is 9.97 Å². The molecule has 0 spiro atoms. The first-order valence-corrected chi connectivity index (χ1v) is 6.00. The van der Waals surface area contributed by atoms with Gasteiger partial charge in [0.2, 0.25) is 0 Å². The first kappa shape index (κ1) is 11.4. The molecule has 3 nitrogen and oxygen atoms in total. The zero-order valence-corrected chi connectivity index (χ0v) is 10.6. The van der Waals surface area contributed by atoms with Gasteiger partial charge in [-0.2, -0.15) is 0 Å². The van der Waals surface area contributed by atoms with E-state index in [1.54, 1.807) is 6.20 Å². The van der Waals surface area contributed by atoms with Crippen molar-refractivity contribution >= 4 is 0 Å². The average Bonchev–Trinajstić information content (AvgIpc) is 2.85. The summed E-state index contributed by atoms with van der Waals surface area (Å²) in [6, 6.07) is 0. The number of aromatic nitrogens is 2. The smallest absolute Gasteiger partial charge is 0.159 e. The molecule has 16 heavy (non-hydrogen) atoms. The van der Waals surface area contributed by atoms with Gasteiger partial charge < -0.3 is 4.74 Å². The minimum atomic E-state index is 0.371. The Labute approximate surface area is 97.3 Å². The SMILES string of the molecule is CCc1nc(C)ncc1OC[C@@]1(C)CC1C. The van der Waals surface area contributed by atoms with Gasteiger partial charge in [0, 0.05) is 5.41 Å². The van der Waals surface area contributed by atoms with E-state index in [4.69, 9.17) is 4.74 Å². The average molecular weight is 220 g/mol. The fraction of sp³-hybridized carbons (Fsp3) is 0.692. The fourth-order valence-corrected chi connectivity index (χ4v) is 1.96. The van der Waals surface area contributed by atoms with Crippen molar-refractivity contribution in [3.05, 3.63) is 17.7 Å². The summed E-state index contributed by atoms with van der Waals surface area (Å²) in [5.74, 6) is 2.45. The molecular formula is C13H20N2O. The Bertz CT molecular complexity index is 392. The maximum atomic E-state index is 5.86. The van der Waals surface area contributed by atoms with Crippen LogP contribution in [0.3, 0.4) is 0 Å². The molecule has 2 rings (SSSR count). The number of hydrogen-bond acceptors (Lipinski definition) is 3. The second-order valence-corrected chi connectivity index (χ2v) is 5.13. The molecule has 88 valence electrons. The Balaban J connectivity index is 2.04. The summed E-state index contributed by atoms with van der Waals surface area (Å²) in [5, 5.41) is 0. The van der Waals surface area contributed by atoms with E-state index in [0.29, 0.717) is 5.41 Å². The molecule has 1 saturated carbocycles. The minimum Gasteiger partial charge on any atom is -0.489 e. The summed E-state index contributed by atoms with van der Waals surface area (Å²) in [6.07, 6.45) is 3.96. The maximum Gasteiger partial charge on any atom is 0.159 e. The summed E-state index contributed by atoms with van der Waals surface area (Å²) in [6.45, 7) is 9.34. The van der Waals surface area contributed by atoms with E-state index >= 15 is 0 Å². The van der Waals surface area contributed by atoms with E-state index in [0.717, 1.165) is 36.2 Å². The molecule has 1 aromatic rings. The second-order valence-electron chi connectivity index (χ2n) is 5.13. The van der Waals surface area contributed by atoms with Crippen molar-refractivity contribution < 1.29 is 4.74 Å². The normalized spacial score (nSPS) is 27.9. The van der Waals surface area contributed by atoms with Gasteiger partial charge in [-0.15, -0.1) is 0 Å². The lowest BCUT2D eigenvalue weighted by Crippen LogP contribution is -2.12. The number of aryl methyl sites for hydroxylation is 2. The quantitative estimate of drug-likeness (QED) is 0.782. The van der Waals surface area contributed by atoms with Crippen LogP contribution < -0.4 is 4.74 Å². The zero-order chi connectivity index (χ0) is 11.8. The molecule has 0 amide bonds. The highest BCUT2D eigenvalue weighted by atomic mass is 16.5. The van der Waals surface area contributed by atoms with Crippen LogP contribution in [0, 0.1) is 18.3 Å². The molecule has 0 bridgehead atoms. The van der Waals surface area contributed by atoms with Gasteiger partial charge in [-0.25, -0.2) is 9.97 Å². The molecule has 3 heteroatoms. The standard InChI is InChI=1S/C13H20N2O/c1-5-11-12(7-14-10(3)15-11)16-8-13(4)6-9(13)2/h7,9H,5-6,8H2,1-4H3/t9?,13-/m1/s1. The van der Waals surface area contributed by atoms with Crippen LogP contribution in [0.1, 0.15) is 38.7 Å². The Morgan fingerprint density at radius 1 is 1.56 bits per heavy atom. The van der Waals surface area contributed by atoms with E-state index in [1.165, 1.54) is 6.42 Å². The Morgan fingerprint density at radius 3 is 2.81 bits per heavy atom. The number of rotatable bonds is 4. The molecule has 1 heterocycles. The molecule has 1 aliphatic carbocycles. The van der Waals surface area contributed by atoms with Gasteiger partial charge >= 0.3 is 0 Å². The van der Waals surface area contributed by atoms with E-state index in [9.17, 15) is 0 Å². The van der Waals surface area contributed by atoms with Crippen molar-refractivity contribution in [2.24, 2.45) is 11.3 Å². The maximum absolute atomic E-state index is 5.86. The van der Waals surface area contributed by atoms with Crippen molar-refractivity contribution in [1.29, 1.82) is 0 Å². The Hall–Kier alpha value is -1.12. The van der Waals surface area contributed by atoms with Crippen LogP contribution >= 0.6 is 0 Å². The largest absolute Gasteiger partial charge is 0.489 e. The van der Waals surface area contributed by atoms with Gasteiger partial charge in [0.15, 0.2) is 5.75 Å². The third-order valence-electron chi connectivity index (χ3n) is 3.64. The minimum absolute atomic E-state index is 0.371. The topological polar surface area (TPSA) is 35.0 Å². The molecule has 0 radical (unpaired) electrons.